The molecular weight excluding hydrogens is 401 g/mol. The standard InChI is InChI=1S/C19H21ClFN5O3/c1-19(9-28)12(8-27)29-17(14(19)21)26-10-23-13-15(24-18(20)25-16(13)26)22-7-11-5-3-2-4-6-11/h2-6,10,12,14,17,27-28H,7-9H2,1H3,(H,22,24,25)/t12-,14-,17-,19-/m1/s1. The molecule has 2 aromatic heterocycles. The maximum Gasteiger partial charge on any atom is 0.226 e. The summed E-state index contributed by atoms with van der Waals surface area (Å²) in [6, 6.07) is 9.73. The van der Waals surface area contributed by atoms with Gasteiger partial charge < -0.3 is 20.3 Å². The zero-order valence-corrected chi connectivity index (χ0v) is 16.4. The summed E-state index contributed by atoms with van der Waals surface area (Å²) in [7, 11) is 0. The lowest BCUT2D eigenvalue weighted by Crippen LogP contribution is -2.40. The van der Waals surface area contributed by atoms with Crippen LogP contribution in [-0.4, -0.2) is 55.2 Å². The summed E-state index contributed by atoms with van der Waals surface area (Å²) >= 11 is 6.10. The van der Waals surface area contributed by atoms with E-state index >= 15 is 4.39 Å². The molecule has 4 rings (SSSR count). The average molecular weight is 422 g/mol. The first-order valence-electron chi connectivity index (χ1n) is 9.17. The third-order valence-electron chi connectivity index (χ3n) is 5.40. The number of imidazole rings is 1. The van der Waals surface area contributed by atoms with E-state index in [1.165, 1.54) is 17.8 Å². The minimum Gasteiger partial charge on any atom is -0.396 e. The number of aliphatic hydroxyl groups is 2. The van der Waals surface area contributed by atoms with Crippen molar-refractivity contribution in [3.05, 3.63) is 47.5 Å². The van der Waals surface area contributed by atoms with E-state index in [1.54, 1.807) is 0 Å². The van der Waals surface area contributed by atoms with Crippen molar-refractivity contribution in [2.75, 3.05) is 18.5 Å². The lowest BCUT2D eigenvalue weighted by molar-refractivity contribution is -0.0524. The second kappa shape index (κ2) is 7.83. The molecule has 29 heavy (non-hydrogen) atoms. The van der Waals surface area contributed by atoms with Crippen LogP contribution in [0.5, 0.6) is 0 Å². The summed E-state index contributed by atoms with van der Waals surface area (Å²) in [6.07, 6.45) is -2.16. The van der Waals surface area contributed by atoms with Gasteiger partial charge in [-0.2, -0.15) is 9.97 Å². The smallest absolute Gasteiger partial charge is 0.226 e. The number of alkyl halides is 1. The summed E-state index contributed by atoms with van der Waals surface area (Å²) in [6.45, 7) is 1.14. The van der Waals surface area contributed by atoms with Crippen LogP contribution in [0, 0.1) is 5.41 Å². The summed E-state index contributed by atoms with van der Waals surface area (Å²) in [5.74, 6) is 0.416. The highest BCUT2D eigenvalue weighted by molar-refractivity contribution is 6.28. The molecule has 0 unspecified atom stereocenters. The Hall–Kier alpha value is -2.33. The molecule has 1 aliphatic heterocycles. The lowest BCUT2D eigenvalue weighted by Gasteiger charge is -2.27. The number of anilines is 1. The van der Waals surface area contributed by atoms with Crippen LogP contribution in [0.3, 0.4) is 0 Å². The number of fused-ring (bicyclic) bond motifs is 1. The molecule has 1 aromatic carbocycles. The number of hydrogen-bond donors (Lipinski definition) is 3. The Balaban J connectivity index is 1.68. The van der Waals surface area contributed by atoms with E-state index < -0.39 is 37.1 Å². The van der Waals surface area contributed by atoms with E-state index in [9.17, 15) is 10.2 Å². The largest absolute Gasteiger partial charge is 0.396 e. The number of rotatable bonds is 6. The normalized spacial score (nSPS) is 26.9. The fraction of sp³-hybridized carbons (Fsp3) is 0.421. The van der Waals surface area contributed by atoms with Crippen LogP contribution in [0.15, 0.2) is 36.7 Å². The summed E-state index contributed by atoms with van der Waals surface area (Å²) in [5, 5.41) is 22.4. The zero-order valence-electron chi connectivity index (χ0n) is 15.7. The van der Waals surface area contributed by atoms with Gasteiger partial charge in [0.05, 0.1) is 31.1 Å². The van der Waals surface area contributed by atoms with Crippen molar-refractivity contribution in [2.24, 2.45) is 5.41 Å². The Morgan fingerprint density at radius 2 is 2.03 bits per heavy atom. The Morgan fingerprint density at radius 1 is 1.28 bits per heavy atom. The molecule has 1 saturated heterocycles. The first kappa shape index (κ1) is 20.0. The first-order chi connectivity index (χ1) is 14.0. The van der Waals surface area contributed by atoms with Crippen molar-refractivity contribution in [3.63, 3.8) is 0 Å². The van der Waals surface area contributed by atoms with Gasteiger partial charge in [-0.05, 0) is 17.2 Å². The van der Waals surface area contributed by atoms with Gasteiger partial charge in [-0.3, -0.25) is 4.57 Å². The Kier molecular flexibility index (Phi) is 5.39. The number of ether oxygens (including phenoxy) is 1. The van der Waals surface area contributed by atoms with Crippen LogP contribution in [0.25, 0.3) is 11.2 Å². The Labute approximate surface area is 171 Å². The quantitative estimate of drug-likeness (QED) is 0.524. The number of halogens is 2. The maximum atomic E-state index is 15.2. The molecule has 0 aliphatic carbocycles. The van der Waals surface area contributed by atoms with E-state index in [4.69, 9.17) is 16.3 Å². The highest BCUT2D eigenvalue weighted by atomic mass is 35.5. The zero-order chi connectivity index (χ0) is 20.6. The molecule has 3 heterocycles. The van der Waals surface area contributed by atoms with Crippen molar-refractivity contribution in [2.45, 2.75) is 32.0 Å². The van der Waals surface area contributed by atoms with Crippen LogP contribution >= 0.6 is 11.6 Å². The van der Waals surface area contributed by atoms with Crippen molar-refractivity contribution >= 4 is 28.6 Å². The SMILES string of the molecule is C[C@]1(CO)[C@H](F)[C@H](n2cnc3c(NCc4ccccc4)nc(Cl)nc32)O[C@@H]1CO. The van der Waals surface area contributed by atoms with Gasteiger partial charge in [0.1, 0.15) is 0 Å². The fourth-order valence-corrected chi connectivity index (χ4v) is 3.69. The van der Waals surface area contributed by atoms with Crippen LogP contribution < -0.4 is 5.32 Å². The number of benzene rings is 1. The topological polar surface area (TPSA) is 105 Å². The average Bonchev–Trinajstić information content (AvgIpc) is 3.26. The molecule has 10 heteroatoms. The number of aromatic nitrogens is 4. The molecule has 0 bridgehead atoms. The minimum atomic E-state index is -1.59. The van der Waals surface area contributed by atoms with E-state index in [2.05, 4.69) is 20.3 Å². The minimum absolute atomic E-state index is 0.0214. The second-order valence-corrected chi connectivity index (χ2v) is 7.61. The Morgan fingerprint density at radius 3 is 2.69 bits per heavy atom. The number of nitrogens with one attached hydrogen (secondary N) is 1. The lowest BCUT2D eigenvalue weighted by atomic mass is 9.82. The van der Waals surface area contributed by atoms with E-state index in [0.717, 1.165) is 5.56 Å². The van der Waals surface area contributed by atoms with Crippen LogP contribution in [-0.2, 0) is 11.3 Å². The van der Waals surface area contributed by atoms with Gasteiger partial charge in [0.15, 0.2) is 29.4 Å². The molecule has 0 saturated carbocycles. The van der Waals surface area contributed by atoms with Gasteiger partial charge >= 0.3 is 0 Å². The molecule has 4 atom stereocenters. The molecule has 1 fully saturated rings. The predicted molar refractivity (Wildman–Crippen MR) is 105 cm³/mol. The van der Waals surface area contributed by atoms with E-state index in [0.29, 0.717) is 23.5 Å². The predicted octanol–water partition coefficient (Wildman–Crippen LogP) is 2.32. The molecule has 3 N–H and O–H groups in total. The fourth-order valence-electron chi connectivity index (χ4n) is 3.52. The third-order valence-corrected chi connectivity index (χ3v) is 5.57. The van der Waals surface area contributed by atoms with Crippen LogP contribution in [0.2, 0.25) is 5.28 Å². The number of nitrogens with zero attached hydrogens (tertiary/aromatic N) is 4. The Bertz CT molecular complexity index is 1000. The highest BCUT2D eigenvalue weighted by Gasteiger charge is 2.54. The van der Waals surface area contributed by atoms with Gasteiger partial charge in [-0.1, -0.05) is 37.3 Å². The summed E-state index contributed by atoms with van der Waals surface area (Å²) in [4.78, 5) is 12.7. The van der Waals surface area contributed by atoms with E-state index in [1.807, 2.05) is 30.3 Å². The third kappa shape index (κ3) is 3.44. The monoisotopic (exact) mass is 421 g/mol. The maximum absolute atomic E-state index is 15.2. The molecule has 8 nitrogen and oxygen atoms in total. The van der Waals surface area contributed by atoms with Gasteiger partial charge in [-0.25, -0.2) is 9.37 Å². The molecule has 0 spiro atoms. The highest BCUT2D eigenvalue weighted by Crippen LogP contribution is 2.46. The molecular formula is C19H21ClFN5O3. The van der Waals surface area contributed by atoms with Crippen molar-refractivity contribution < 1.29 is 19.3 Å². The molecule has 3 aromatic rings. The van der Waals surface area contributed by atoms with Crippen LogP contribution in [0.4, 0.5) is 10.2 Å². The van der Waals surface area contributed by atoms with Crippen LogP contribution in [0.1, 0.15) is 18.7 Å². The first-order valence-corrected chi connectivity index (χ1v) is 9.55. The van der Waals surface area contributed by atoms with Gasteiger partial charge in [0.2, 0.25) is 5.28 Å². The van der Waals surface area contributed by atoms with Crippen molar-refractivity contribution in [1.29, 1.82) is 0 Å². The molecule has 0 radical (unpaired) electrons. The van der Waals surface area contributed by atoms with Gasteiger partial charge in [0.25, 0.3) is 0 Å². The second-order valence-electron chi connectivity index (χ2n) is 7.27. The van der Waals surface area contributed by atoms with Gasteiger partial charge in [0, 0.05) is 6.54 Å². The number of aliphatic hydroxyl groups excluding tert-OH is 2. The summed E-state index contributed by atoms with van der Waals surface area (Å²) < 4.78 is 22.3. The van der Waals surface area contributed by atoms with E-state index in [-0.39, 0.29) is 5.28 Å². The molecule has 0 amide bonds. The van der Waals surface area contributed by atoms with Gasteiger partial charge in [-0.15, -0.1) is 0 Å². The van der Waals surface area contributed by atoms with Crippen molar-refractivity contribution in [3.8, 4) is 0 Å². The molecule has 1 aliphatic rings. The number of hydrogen-bond acceptors (Lipinski definition) is 7. The molecule has 154 valence electrons. The summed E-state index contributed by atoms with van der Waals surface area (Å²) in [5.41, 5.74) is 0.509. The van der Waals surface area contributed by atoms with Crippen molar-refractivity contribution in [1.82, 2.24) is 19.5 Å².